The highest BCUT2D eigenvalue weighted by molar-refractivity contribution is 5.94. The lowest BCUT2D eigenvalue weighted by molar-refractivity contribution is -0.116. The summed E-state index contributed by atoms with van der Waals surface area (Å²) < 4.78 is 10.7. The van der Waals surface area contributed by atoms with E-state index in [1.807, 2.05) is 12.1 Å². The molecular weight excluding hydrogens is 354 g/mol. The number of carbonyl (C=O) groups excluding carboxylic acids is 1. The van der Waals surface area contributed by atoms with E-state index in [9.17, 15) is 4.79 Å². The Balaban J connectivity index is 1.37. The zero-order valence-corrected chi connectivity index (χ0v) is 16.5. The summed E-state index contributed by atoms with van der Waals surface area (Å²) in [4.78, 5) is 16.4. The number of hydrogen-bond acceptors (Lipinski definition) is 5. The van der Waals surface area contributed by atoms with E-state index < -0.39 is 0 Å². The number of rotatable bonds is 5. The zero-order chi connectivity index (χ0) is 19.5. The largest absolute Gasteiger partial charge is 0.493 e. The van der Waals surface area contributed by atoms with Crippen LogP contribution < -0.4 is 19.7 Å². The smallest absolute Gasteiger partial charge is 0.224 e. The first kappa shape index (κ1) is 18.6. The molecule has 148 valence electrons. The lowest BCUT2D eigenvalue weighted by atomic mass is 10.0. The Labute approximate surface area is 166 Å². The van der Waals surface area contributed by atoms with Crippen molar-refractivity contribution in [3.63, 3.8) is 0 Å². The number of aryl methyl sites for hydroxylation is 1. The van der Waals surface area contributed by atoms with Crippen molar-refractivity contribution in [2.24, 2.45) is 0 Å². The summed E-state index contributed by atoms with van der Waals surface area (Å²) in [5.41, 5.74) is 4.69. The van der Waals surface area contributed by atoms with Gasteiger partial charge in [0.15, 0.2) is 11.5 Å². The van der Waals surface area contributed by atoms with Gasteiger partial charge in [0, 0.05) is 50.5 Å². The van der Waals surface area contributed by atoms with Gasteiger partial charge in [-0.2, -0.15) is 0 Å². The lowest BCUT2D eigenvalue weighted by Crippen LogP contribution is -2.46. The number of anilines is 2. The van der Waals surface area contributed by atoms with Gasteiger partial charge in [-0.25, -0.2) is 0 Å². The normalized spacial score (nSPS) is 17.1. The van der Waals surface area contributed by atoms with Gasteiger partial charge in [-0.1, -0.05) is 6.07 Å². The topological polar surface area (TPSA) is 54.0 Å². The molecule has 0 atom stereocenters. The maximum absolute atomic E-state index is 11.5. The van der Waals surface area contributed by atoms with Gasteiger partial charge in [0.2, 0.25) is 5.91 Å². The molecular formula is C22H27N3O3. The van der Waals surface area contributed by atoms with E-state index in [1.165, 1.54) is 16.8 Å². The molecule has 0 spiro atoms. The minimum Gasteiger partial charge on any atom is -0.493 e. The zero-order valence-electron chi connectivity index (χ0n) is 16.5. The molecule has 0 aliphatic carbocycles. The Hall–Kier alpha value is -2.73. The summed E-state index contributed by atoms with van der Waals surface area (Å²) in [5, 5.41) is 2.96. The van der Waals surface area contributed by atoms with Crippen molar-refractivity contribution in [3.8, 4) is 11.5 Å². The van der Waals surface area contributed by atoms with Gasteiger partial charge in [-0.3, -0.25) is 9.69 Å². The van der Waals surface area contributed by atoms with E-state index in [0.29, 0.717) is 6.42 Å². The molecule has 0 saturated carbocycles. The van der Waals surface area contributed by atoms with Crippen LogP contribution in [0.25, 0.3) is 0 Å². The van der Waals surface area contributed by atoms with Crippen molar-refractivity contribution in [3.05, 3.63) is 47.5 Å². The molecule has 4 rings (SSSR count). The molecule has 28 heavy (non-hydrogen) atoms. The molecule has 2 aliphatic rings. The fraction of sp³-hybridized carbons (Fsp3) is 0.409. The second kappa shape index (κ2) is 8.10. The van der Waals surface area contributed by atoms with Crippen molar-refractivity contribution in [2.45, 2.75) is 19.4 Å². The number of methoxy groups -OCH3 is 2. The number of carbonyl (C=O) groups is 1. The average Bonchev–Trinajstić information content (AvgIpc) is 2.74. The van der Waals surface area contributed by atoms with Crippen LogP contribution in [0, 0.1) is 0 Å². The quantitative estimate of drug-likeness (QED) is 0.863. The Morgan fingerprint density at radius 2 is 1.71 bits per heavy atom. The maximum atomic E-state index is 11.5. The molecule has 2 heterocycles. The molecule has 0 radical (unpaired) electrons. The molecule has 1 N–H and O–H groups in total. The molecule has 6 heteroatoms. The van der Waals surface area contributed by atoms with Crippen molar-refractivity contribution in [1.82, 2.24) is 4.90 Å². The van der Waals surface area contributed by atoms with Gasteiger partial charge >= 0.3 is 0 Å². The second-order valence-corrected chi connectivity index (χ2v) is 7.34. The van der Waals surface area contributed by atoms with Crippen LogP contribution >= 0.6 is 0 Å². The summed E-state index contributed by atoms with van der Waals surface area (Å²) >= 11 is 0. The van der Waals surface area contributed by atoms with Crippen LogP contribution in [0.1, 0.15) is 17.5 Å². The molecule has 1 fully saturated rings. The van der Waals surface area contributed by atoms with Gasteiger partial charge in [0.25, 0.3) is 0 Å². The fourth-order valence-corrected chi connectivity index (χ4v) is 3.97. The minimum atomic E-state index is 0.115. The van der Waals surface area contributed by atoms with Crippen LogP contribution in [0.3, 0.4) is 0 Å². The lowest BCUT2D eigenvalue weighted by Gasteiger charge is -2.36. The first-order valence-corrected chi connectivity index (χ1v) is 9.77. The van der Waals surface area contributed by atoms with E-state index >= 15 is 0 Å². The number of fused-ring (bicyclic) bond motifs is 1. The molecule has 1 amide bonds. The van der Waals surface area contributed by atoms with Crippen LogP contribution in [0.15, 0.2) is 36.4 Å². The number of amides is 1. The van der Waals surface area contributed by atoms with Gasteiger partial charge in [-0.05, 0) is 47.9 Å². The van der Waals surface area contributed by atoms with E-state index in [1.54, 1.807) is 14.2 Å². The third-order valence-corrected chi connectivity index (χ3v) is 5.58. The first-order valence-electron chi connectivity index (χ1n) is 9.77. The van der Waals surface area contributed by atoms with Gasteiger partial charge in [0.05, 0.1) is 14.2 Å². The predicted molar refractivity (Wildman–Crippen MR) is 110 cm³/mol. The third kappa shape index (κ3) is 3.92. The molecule has 2 aliphatic heterocycles. The van der Waals surface area contributed by atoms with Crippen LogP contribution in [0.2, 0.25) is 0 Å². The molecule has 2 aromatic rings. The summed E-state index contributed by atoms with van der Waals surface area (Å²) in [5.74, 6) is 1.66. The number of nitrogens with one attached hydrogen (secondary N) is 1. The molecule has 2 aromatic carbocycles. The van der Waals surface area contributed by atoms with E-state index in [-0.39, 0.29) is 5.91 Å². The molecule has 0 bridgehead atoms. The summed E-state index contributed by atoms with van der Waals surface area (Å²) in [6, 6.07) is 12.5. The Kier molecular flexibility index (Phi) is 5.39. The average molecular weight is 381 g/mol. The Morgan fingerprint density at radius 1 is 0.929 bits per heavy atom. The number of piperazine rings is 1. The number of ether oxygens (including phenoxy) is 2. The first-order chi connectivity index (χ1) is 13.7. The third-order valence-electron chi connectivity index (χ3n) is 5.58. The van der Waals surface area contributed by atoms with E-state index in [4.69, 9.17) is 9.47 Å². The van der Waals surface area contributed by atoms with Crippen molar-refractivity contribution in [1.29, 1.82) is 0 Å². The van der Waals surface area contributed by atoms with E-state index in [2.05, 4.69) is 39.4 Å². The van der Waals surface area contributed by atoms with Gasteiger partial charge in [0.1, 0.15) is 0 Å². The van der Waals surface area contributed by atoms with E-state index in [0.717, 1.165) is 56.3 Å². The monoisotopic (exact) mass is 381 g/mol. The molecule has 6 nitrogen and oxygen atoms in total. The summed E-state index contributed by atoms with van der Waals surface area (Å²) in [6.45, 7) is 4.94. The van der Waals surface area contributed by atoms with Crippen molar-refractivity contribution < 1.29 is 14.3 Å². The molecule has 0 aromatic heterocycles. The highest BCUT2D eigenvalue weighted by Crippen LogP contribution is 2.30. The van der Waals surface area contributed by atoms with Crippen LogP contribution in [-0.4, -0.2) is 51.2 Å². The molecule has 0 unspecified atom stereocenters. The number of nitrogens with zero attached hydrogens (tertiary/aromatic N) is 2. The SMILES string of the molecule is COc1ccc(CN2CCN(c3ccc4c(c3)CCC(=O)N4)CC2)cc1OC. The van der Waals surface area contributed by atoms with Crippen LogP contribution in [0.4, 0.5) is 11.4 Å². The standard InChI is InChI=1S/C22H27N3O3/c1-27-20-7-3-16(13-21(20)28-2)15-24-9-11-25(12-10-24)18-5-6-19-17(14-18)4-8-22(26)23-19/h3,5-7,13-14H,4,8-12,15H2,1-2H3,(H,23,26). The summed E-state index contributed by atoms with van der Waals surface area (Å²) in [7, 11) is 3.33. The Bertz CT molecular complexity index is 860. The van der Waals surface area contributed by atoms with Crippen molar-refractivity contribution >= 4 is 17.3 Å². The Morgan fingerprint density at radius 3 is 2.46 bits per heavy atom. The number of benzene rings is 2. The van der Waals surface area contributed by atoms with Gasteiger partial charge in [-0.15, -0.1) is 0 Å². The van der Waals surface area contributed by atoms with Crippen LogP contribution in [-0.2, 0) is 17.8 Å². The van der Waals surface area contributed by atoms with Crippen molar-refractivity contribution in [2.75, 3.05) is 50.6 Å². The summed E-state index contributed by atoms with van der Waals surface area (Å²) in [6.07, 6.45) is 1.41. The highest BCUT2D eigenvalue weighted by Gasteiger charge is 2.20. The predicted octanol–water partition coefficient (Wildman–Crippen LogP) is 2.91. The van der Waals surface area contributed by atoms with Crippen LogP contribution in [0.5, 0.6) is 11.5 Å². The maximum Gasteiger partial charge on any atom is 0.224 e. The second-order valence-electron chi connectivity index (χ2n) is 7.34. The highest BCUT2D eigenvalue weighted by atomic mass is 16.5. The van der Waals surface area contributed by atoms with Gasteiger partial charge < -0.3 is 19.7 Å². The molecule has 1 saturated heterocycles. The minimum absolute atomic E-state index is 0.115. The number of hydrogen-bond donors (Lipinski definition) is 1. The fourth-order valence-electron chi connectivity index (χ4n) is 3.97.